The van der Waals surface area contributed by atoms with E-state index in [0.717, 1.165) is 15.3 Å². The number of aryl methyl sites for hydroxylation is 3. The molecule has 0 fully saturated rings. The van der Waals surface area contributed by atoms with Gasteiger partial charge in [-0.1, -0.05) is 6.07 Å². The summed E-state index contributed by atoms with van der Waals surface area (Å²) in [5.74, 6) is -0.253. The molecule has 3 amide bonds. The molecular formula is C18H19N5O3S. The van der Waals surface area contributed by atoms with Crippen LogP contribution in [0, 0.1) is 13.8 Å². The number of urea groups is 1. The number of carbonyl (C=O) groups is 2. The number of nitrogens with two attached hydrogens (primary N) is 1. The second kappa shape index (κ2) is 7.58. The number of rotatable bonds is 5. The van der Waals surface area contributed by atoms with E-state index in [1.54, 1.807) is 24.3 Å². The minimum absolute atomic E-state index is 0.114. The molecule has 0 bridgehead atoms. The quantitative estimate of drug-likeness (QED) is 0.625. The van der Waals surface area contributed by atoms with Gasteiger partial charge in [0, 0.05) is 29.2 Å². The molecule has 0 aliphatic heterocycles. The van der Waals surface area contributed by atoms with Crippen molar-refractivity contribution in [3.05, 3.63) is 51.4 Å². The Labute approximate surface area is 159 Å². The summed E-state index contributed by atoms with van der Waals surface area (Å²) in [6.45, 7) is 4.09. The van der Waals surface area contributed by atoms with E-state index in [4.69, 9.17) is 5.73 Å². The van der Waals surface area contributed by atoms with Crippen molar-refractivity contribution in [2.24, 2.45) is 5.73 Å². The summed E-state index contributed by atoms with van der Waals surface area (Å²) in [4.78, 5) is 41.8. The van der Waals surface area contributed by atoms with E-state index in [-0.39, 0.29) is 24.4 Å². The summed E-state index contributed by atoms with van der Waals surface area (Å²) in [6, 6.07) is 5.96. The molecule has 0 aliphatic carbocycles. The summed E-state index contributed by atoms with van der Waals surface area (Å²) in [7, 11) is 0. The minimum Gasteiger partial charge on any atom is -0.351 e. The zero-order valence-corrected chi connectivity index (χ0v) is 15.7. The van der Waals surface area contributed by atoms with Crippen molar-refractivity contribution < 1.29 is 9.59 Å². The maximum absolute atomic E-state index is 12.6. The maximum Gasteiger partial charge on any atom is 0.316 e. The van der Waals surface area contributed by atoms with E-state index in [9.17, 15) is 14.4 Å². The van der Waals surface area contributed by atoms with Crippen LogP contribution in [0.15, 0.2) is 35.4 Å². The van der Waals surface area contributed by atoms with E-state index in [1.165, 1.54) is 22.2 Å². The largest absolute Gasteiger partial charge is 0.351 e. The molecule has 0 saturated carbocycles. The Bertz CT molecular complexity index is 1090. The highest BCUT2D eigenvalue weighted by Crippen LogP contribution is 2.25. The van der Waals surface area contributed by atoms with Gasteiger partial charge in [0.25, 0.3) is 5.56 Å². The number of primary amides is 1. The molecule has 0 atom stereocenters. The number of carbonyl (C=O) groups excluding carboxylic acids is 2. The highest BCUT2D eigenvalue weighted by Gasteiger charge is 2.13. The van der Waals surface area contributed by atoms with Crippen LogP contribution < -0.4 is 21.9 Å². The zero-order chi connectivity index (χ0) is 19.6. The molecule has 0 radical (unpaired) electrons. The lowest BCUT2D eigenvalue weighted by atomic mass is 10.2. The van der Waals surface area contributed by atoms with Crippen molar-refractivity contribution in [2.75, 3.05) is 10.6 Å². The Morgan fingerprint density at radius 1 is 1.22 bits per heavy atom. The molecule has 0 saturated heterocycles. The second-order valence-corrected chi connectivity index (χ2v) is 7.28. The average Bonchev–Trinajstić information content (AvgIpc) is 2.89. The fourth-order valence-corrected chi connectivity index (χ4v) is 3.68. The fourth-order valence-electron chi connectivity index (χ4n) is 2.69. The summed E-state index contributed by atoms with van der Waals surface area (Å²) in [5, 5.41) is 5.79. The lowest BCUT2D eigenvalue weighted by molar-refractivity contribution is -0.116. The van der Waals surface area contributed by atoms with Crippen molar-refractivity contribution in [3.63, 3.8) is 0 Å². The van der Waals surface area contributed by atoms with Crippen LogP contribution in [-0.2, 0) is 11.3 Å². The number of fused-ring (bicyclic) bond motifs is 1. The third kappa shape index (κ3) is 4.14. The van der Waals surface area contributed by atoms with Crippen LogP contribution in [0.3, 0.4) is 0 Å². The number of aromatic nitrogens is 2. The Hall–Kier alpha value is -3.20. The van der Waals surface area contributed by atoms with Gasteiger partial charge in [0.1, 0.15) is 4.83 Å². The molecule has 2 aromatic heterocycles. The number of nitrogens with one attached hydrogen (secondary N) is 2. The standard InChI is InChI=1S/C18H19N5O3S/c1-10-11(2)27-16-15(10)17(25)23(9-20-16)7-6-14(24)21-12-4-3-5-13(8-12)22-18(19)26/h3-5,8-9H,6-7H2,1-2H3,(H,21,24)(H3,19,22,26). The number of hydrogen-bond acceptors (Lipinski definition) is 5. The first kappa shape index (κ1) is 18.6. The Morgan fingerprint density at radius 2 is 1.93 bits per heavy atom. The van der Waals surface area contributed by atoms with E-state index < -0.39 is 6.03 Å². The molecule has 9 heteroatoms. The van der Waals surface area contributed by atoms with Gasteiger partial charge in [-0.2, -0.15) is 0 Å². The SMILES string of the molecule is Cc1sc2ncn(CCC(=O)Nc3cccc(NC(N)=O)c3)c(=O)c2c1C. The summed E-state index contributed by atoms with van der Waals surface area (Å²) in [5.41, 5.74) is 6.88. The van der Waals surface area contributed by atoms with Crippen LogP contribution in [0.2, 0.25) is 0 Å². The predicted molar refractivity (Wildman–Crippen MR) is 106 cm³/mol. The third-order valence-corrected chi connectivity index (χ3v) is 5.26. The monoisotopic (exact) mass is 385 g/mol. The highest BCUT2D eigenvalue weighted by molar-refractivity contribution is 7.18. The number of anilines is 2. The van der Waals surface area contributed by atoms with Gasteiger partial charge in [-0.3, -0.25) is 14.2 Å². The fraction of sp³-hybridized carbons (Fsp3) is 0.222. The molecule has 3 rings (SSSR count). The number of hydrogen-bond donors (Lipinski definition) is 3. The van der Waals surface area contributed by atoms with Crippen molar-refractivity contribution in [1.82, 2.24) is 9.55 Å². The Kier molecular flexibility index (Phi) is 5.22. The topological polar surface area (TPSA) is 119 Å². The van der Waals surface area contributed by atoms with Crippen LogP contribution >= 0.6 is 11.3 Å². The van der Waals surface area contributed by atoms with Crippen LogP contribution in [0.4, 0.5) is 16.2 Å². The molecule has 8 nitrogen and oxygen atoms in total. The van der Waals surface area contributed by atoms with Gasteiger partial charge in [-0.25, -0.2) is 9.78 Å². The van der Waals surface area contributed by atoms with Gasteiger partial charge in [0.15, 0.2) is 0 Å². The van der Waals surface area contributed by atoms with Gasteiger partial charge < -0.3 is 16.4 Å². The Balaban J connectivity index is 1.68. The summed E-state index contributed by atoms with van der Waals surface area (Å²) >= 11 is 1.49. The molecule has 4 N–H and O–H groups in total. The van der Waals surface area contributed by atoms with Gasteiger partial charge in [-0.05, 0) is 37.6 Å². The van der Waals surface area contributed by atoms with Crippen LogP contribution in [0.25, 0.3) is 10.2 Å². The molecule has 27 heavy (non-hydrogen) atoms. The first-order valence-electron chi connectivity index (χ1n) is 8.26. The number of benzene rings is 1. The van der Waals surface area contributed by atoms with Crippen molar-refractivity contribution in [3.8, 4) is 0 Å². The molecule has 0 unspecified atom stereocenters. The summed E-state index contributed by atoms with van der Waals surface area (Å²) in [6.07, 6.45) is 1.59. The van der Waals surface area contributed by atoms with Gasteiger partial charge >= 0.3 is 6.03 Å². The zero-order valence-electron chi connectivity index (χ0n) is 14.9. The number of nitrogens with zero attached hydrogens (tertiary/aromatic N) is 2. The second-order valence-electron chi connectivity index (χ2n) is 6.07. The van der Waals surface area contributed by atoms with Gasteiger partial charge in [0.2, 0.25) is 5.91 Å². The molecule has 0 aliphatic rings. The van der Waals surface area contributed by atoms with Crippen molar-refractivity contribution >= 4 is 44.9 Å². The molecule has 2 heterocycles. The molecule has 1 aromatic carbocycles. The van der Waals surface area contributed by atoms with Crippen molar-refractivity contribution in [2.45, 2.75) is 26.8 Å². The van der Waals surface area contributed by atoms with Crippen LogP contribution in [0.5, 0.6) is 0 Å². The van der Waals surface area contributed by atoms with E-state index in [2.05, 4.69) is 15.6 Å². The molecule has 3 aromatic rings. The predicted octanol–water partition coefficient (Wildman–Crippen LogP) is 2.59. The molecular weight excluding hydrogens is 366 g/mol. The lowest BCUT2D eigenvalue weighted by Crippen LogP contribution is -2.23. The molecule has 0 spiro atoms. The maximum atomic E-state index is 12.6. The Morgan fingerprint density at radius 3 is 2.63 bits per heavy atom. The number of thiophene rings is 1. The van der Waals surface area contributed by atoms with Gasteiger partial charge in [0.05, 0.1) is 11.7 Å². The van der Waals surface area contributed by atoms with Crippen LogP contribution in [-0.4, -0.2) is 21.5 Å². The molecule has 140 valence electrons. The summed E-state index contributed by atoms with van der Waals surface area (Å²) < 4.78 is 1.45. The highest BCUT2D eigenvalue weighted by atomic mass is 32.1. The van der Waals surface area contributed by atoms with E-state index in [0.29, 0.717) is 16.8 Å². The van der Waals surface area contributed by atoms with E-state index >= 15 is 0 Å². The number of amides is 3. The van der Waals surface area contributed by atoms with Crippen LogP contribution in [0.1, 0.15) is 16.9 Å². The van der Waals surface area contributed by atoms with Gasteiger partial charge in [-0.15, -0.1) is 11.3 Å². The lowest BCUT2D eigenvalue weighted by Gasteiger charge is -2.09. The average molecular weight is 385 g/mol. The smallest absolute Gasteiger partial charge is 0.316 e. The van der Waals surface area contributed by atoms with E-state index in [1.807, 2.05) is 13.8 Å². The first-order valence-corrected chi connectivity index (χ1v) is 9.08. The minimum atomic E-state index is -0.681. The first-order chi connectivity index (χ1) is 12.8. The third-order valence-electron chi connectivity index (χ3n) is 4.15. The van der Waals surface area contributed by atoms with Crippen molar-refractivity contribution in [1.29, 1.82) is 0 Å². The normalized spacial score (nSPS) is 10.7.